The van der Waals surface area contributed by atoms with Crippen LogP contribution in [0.2, 0.25) is 0 Å². The molecule has 1 aliphatic rings. The minimum Gasteiger partial charge on any atom is -0.307 e. The van der Waals surface area contributed by atoms with Crippen molar-refractivity contribution in [2.45, 2.75) is 52.6 Å². The molecule has 0 fully saturated rings. The summed E-state index contributed by atoms with van der Waals surface area (Å²) in [7, 11) is 0. The Bertz CT molecular complexity index is 369. The van der Waals surface area contributed by atoms with Gasteiger partial charge in [0.1, 0.15) is 5.82 Å². The first-order chi connectivity index (χ1) is 7.09. The second-order valence-corrected chi connectivity index (χ2v) is 4.81. The van der Waals surface area contributed by atoms with Crippen molar-refractivity contribution in [3.05, 3.63) is 22.8 Å². The van der Waals surface area contributed by atoms with E-state index in [4.69, 9.17) is 4.98 Å². The van der Waals surface area contributed by atoms with Gasteiger partial charge in [0, 0.05) is 24.6 Å². The highest BCUT2D eigenvalue weighted by Crippen LogP contribution is 2.25. The van der Waals surface area contributed by atoms with Crippen molar-refractivity contribution in [2.75, 3.05) is 0 Å². The Balaban J connectivity index is 2.52. The van der Waals surface area contributed by atoms with Crippen LogP contribution in [0.15, 0.2) is 0 Å². The van der Waals surface area contributed by atoms with Crippen LogP contribution in [-0.2, 0) is 13.1 Å². The lowest BCUT2D eigenvalue weighted by atomic mass is 10.0. The second kappa shape index (κ2) is 3.89. The molecule has 1 aromatic heterocycles. The normalized spacial score (nSPS) is 15.1. The third-order valence-electron chi connectivity index (χ3n) is 2.80. The molecule has 3 nitrogen and oxygen atoms in total. The summed E-state index contributed by atoms with van der Waals surface area (Å²) in [6.45, 7) is 10.5. The van der Waals surface area contributed by atoms with Crippen LogP contribution in [0, 0.1) is 0 Å². The molecule has 0 saturated carbocycles. The van der Waals surface area contributed by atoms with Gasteiger partial charge in [-0.2, -0.15) is 0 Å². The third kappa shape index (κ3) is 1.88. The monoisotopic (exact) mass is 205 g/mol. The smallest absolute Gasteiger partial charge is 0.131 e. The molecule has 0 amide bonds. The highest BCUT2D eigenvalue weighted by atomic mass is 15.0. The standard InChI is InChI=1S/C12H19N3/c1-7(2)11-9-5-13-6-10(9)14-12(15-11)8(3)4/h7-8,13H,5-6H2,1-4H3. The van der Waals surface area contributed by atoms with Crippen LogP contribution in [-0.4, -0.2) is 9.97 Å². The molecular weight excluding hydrogens is 186 g/mol. The van der Waals surface area contributed by atoms with Gasteiger partial charge in [0.25, 0.3) is 0 Å². The first kappa shape index (κ1) is 10.6. The fourth-order valence-electron chi connectivity index (χ4n) is 1.95. The molecule has 0 atom stereocenters. The highest BCUT2D eigenvalue weighted by Gasteiger charge is 2.21. The molecule has 0 aliphatic carbocycles. The van der Waals surface area contributed by atoms with Crippen LogP contribution >= 0.6 is 0 Å². The first-order valence-corrected chi connectivity index (χ1v) is 5.70. The van der Waals surface area contributed by atoms with Gasteiger partial charge in [-0.05, 0) is 5.92 Å². The Morgan fingerprint density at radius 3 is 2.33 bits per heavy atom. The Morgan fingerprint density at radius 1 is 1.00 bits per heavy atom. The summed E-state index contributed by atoms with van der Waals surface area (Å²) in [6, 6.07) is 0. The zero-order valence-corrected chi connectivity index (χ0v) is 9.96. The molecule has 3 heteroatoms. The topological polar surface area (TPSA) is 37.8 Å². The van der Waals surface area contributed by atoms with Gasteiger partial charge in [0.15, 0.2) is 0 Å². The average molecular weight is 205 g/mol. The predicted molar refractivity (Wildman–Crippen MR) is 60.8 cm³/mol. The van der Waals surface area contributed by atoms with Crippen molar-refractivity contribution in [1.82, 2.24) is 15.3 Å². The Morgan fingerprint density at radius 2 is 1.73 bits per heavy atom. The van der Waals surface area contributed by atoms with Crippen molar-refractivity contribution in [2.24, 2.45) is 0 Å². The summed E-state index contributed by atoms with van der Waals surface area (Å²) in [5.74, 6) is 1.88. The fraction of sp³-hybridized carbons (Fsp3) is 0.667. The maximum atomic E-state index is 4.69. The molecule has 15 heavy (non-hydrogen) atoms. The number of nitrogens with zero attached hydrogens (tertiary/aromatic N) is 2. The van der Waals surface area contributed by atoms with Gasteiger partial charge in [-0.3, -0.25) is 0 Å². The SMILES string of the molecule is CC(C)c1nc2c(c(C(C)C)n1)CNC2. The van der Waals surface area contributed by atoms with Gasteiger partial charge < -0.3 is 5.32 Å². The lowest BCUT2D eigenvalue weighted by Gasteiger charge is -2.13. The van der Waals surface area contributed by atoms with Gasteiger partial charge >= 0.3 is 0 Å². The molecule has 1 aromatic rings. The quantitative estimate of drug-likeness (QED) is 0.805. The highest BCUT2D eigenvalue weighted by molar-refractivity contribution is 5.31. The molecule has 1 N–H and O–H groups in total. The lowest BCUT2D eigenvalue weighted by Crippen LogP contribution is -2.08. The molecule has 1 aliphatic heterocycles. The number of hydrogen-bond acceptors (Lipinski definition) is 3. The van der Waals surface area contributed by atoms with E-state index in [0.717, 1.165) is 18.9 Å². The molecule has 0 aromatic carbocycles. The number of fused-ring (bicyclic) bond motifs is 1. The zero-order valence-electron chi connectivity index (χ0n) is 9.96. The third-order valence-corrected chi connectivity index (χ3v) is 2.80. The van der Waals surface area contributed by atoms with E-state index in [-0.39, 0.29) is 0 Å². The number of hydrogen-bond donors (Lipinski definition) is 1. The Hall–Kier alpha value is -0.960. The van der Waals surface area contributed by atoms with E-state index in [1.165, 1.54) is 17.0 Å². The van der Waals surface area contributed by atoms with Crippen molar-refractivity contribution in [3.63, 3.8) is 0 Å². The van der Waals surface area contributed by atoms with Crippen molar-refractivity contribution in [1.29, 1.82) is 0 Å². The summed E-state index contributed by atoms with van der Waals surface area (Å²) >= 11 is 0. The summed E-state index contributed by atoms with van der Waals surface area (Å²) in [5, 5.41) is 3.35. The van der Waals surface area contributed by atoms with E-state index in [9.17, 15) is 0 Å². The molecule has 0 saturated heterocycles. The zero-order chi connectivity index (χ0) is 11.0. The van der Waals surface area contributed by atoms with Gasteiger partial charge in [-0.1, -0.05) is 27.7 Å². The van der Waals surface area contributed by atoms with E-state index >= 15 is 0 Å². The molecule has 0 unspecified atom stereocenters. The molecule has 0 bridgehead atoms. The lowest BCUT2D eigenvalue weighted by molar-refractivity contribution is 0.714. The number of aromatic nitrogens is 2. The summed E-state index contributed by atoms with van der Waals surface area (Å²) < 4.78 is 0. The minimum absolute atomic E-state index is 0.411. The van der Waals surface area contributed by atoms with Crippen LogP contribution in [0.25, 0.3) is 0 Å². The number of nitrogens with one attached hydrogen (secondary N) is 1. The number of rotatable bonds is 2. The van der Waals surface area contributed by atoms with Crippen LogP contribution in [0.1, 0.15) is 62.3 Å². The van der Waals surface area contributed by atoms with Gasteiger partial charge in [-0.25, -0.2) is 9.97 Å². The predicted octanol–water partition coefficient (Wildman–Crippen LogP) is 2.33. The van der Waals surface area contributed by atoms with Crippen LogP contribution in [0.5, 0.6) is 0 Å². The first-order valence-electron chi connectivity index (χ1n) is 5.70. The molecule has 0 radical (unpaired) electrons. The molecular formula is C12H19N3. The molecule has 0 spiro atoms. The van der Waals surface area contributed by atoms with Crippen LogP contribution in [0.4, 0.5) is 0 Å². The van der Waals surface area contributed by atoms with Gasteiger partial charge in [-0.15, -0.1) is 0 Å². The second-order valence-electron chi connectivity index (χ2n) is 4.81. The summed E-state index contributed by atoms with van der Waals surface area (Å²) in [5.41, 5.74) is 3.76. The van der Waals surface area contributed by atoms with Gasteiger partial charge in [0.05, 0.1) is 11.4 Å². The van der Waals surface area contributed by atoms with E-state index in [1.807, 2.05) is 0 Å². The largest absolute Gasteiger partial charge is 0.307 e. The summed E-state index contributed by atoms with van der Waals surface area (Å²) in [6.07, 6.45) is 0. The molecule has 2 heterocycles. The fourth-order valence-corrected chi connectivity index (χ4v) is 1.95. The minimum atomic E-state index is 0.411. The summed E-state index contributed by atoms with van der Waals surface area (Å²) in [4.78, 5) is 9.31. The van der Waals surface area contributed by atoms with Crippen molar-refractivity contribution < 1.29 is 0 Å². The van der Waals surface area contributed by atoms with E-state index in [0.29, 0.717) is 11.8 Å². The molecule has 82 valence electrons. The maximum Gasteiger partial charge on any atom is 0.131 e. The average Bonchev–Trinajstić information content (AvgIpc) is 2.62. The Labute approximate surface area is 91.3 Å². The van der Waals surface area contributed by atoms with Crippen LogP contribution in [0.3, 0.4) is 0 Å². The van der Waals surface area contributed by atoms with E-state index in [1.54, 1.807) is 0 Å². The van der Waals surface area contributed by atoms with Crippen LogP contribution < -0.4 is 5.32 Å². The molecule has 2 rings (SSSR count). The maximum absolute atomic E-state index is 4.69. The van der Waals surface area contributed by atoms with Crippen molar-refractivity contribution in [3.8, 4) is 0 Å². The van der Waals surface area contributed by atoms with Gasteiger partial charge in [0.2, 0.25) is 0 Å². The van der Waals surface area contributed by atoms with E-state index in [2.05, 4.69) is 38.0 Å². The van der Waals surface area contributed by atoms with Crippen molar-refractivity contribution >= 4 is 0 Å². The van der Waals surface area contributed by atoms with E-state index < -0.39 is 0 Å². The Kier molecular flexibility index (Phi) is 2.74.